The molecule has 1 fully saturated rings. The topological polar surface area (TPSA) is 58.2 Å². The lowest BCUT2D eigenvalue weighted by Gasteiger charge is -2.24. The molecule has 18 heavy (non-hydrogen) atoms. The summed E-state index contributed by atoms with van der Waals surface area (Å²) in [5, 5.41) is 7.67. The van der Waals surface area contributed by atoms with Gasteiger partial charge >= 0.3 is 0 Å². The Bertz CT molecular complexity index is 440. The first-order chi connectivity index (χ1) is 8.49. The monoisotopic (exact) mass is 266 g/mol. The number of hydrogen-bond acceptors (Lipinski definition) is 3. The molecule has 1 aromatic heterocycles. The second-order valence-electron chi connectivity index (χ2n) is 5.28. The lowest BCUT2D eigenvalue weighted by molar-refractivity contribution is -0.126. The van der Waals surface area contributed by atoms with E-state index in [4.69, 9.17) is 0 Å². The number of thiophene rings is 1. The van der Waals surface area contributed by atoms with E-state index < -0.39 is 0 Å². The van der Waals surface area contributed by atoms with Gasteiger partial charge in [0.15, 0.2) is 0 Å². The summed E-state index contributed by atoms with van der Waals surface area (Å²) in [5.74, 6) is -0.276. The molecule has 0 saturated carbocycles. The van der Waals surface area contributed by atoms with Crippen molar-refractivity contribution in [3.63, 3.8) is 0 Å². The maximum absolute atomic E-state index is 11.9. The maximum Gasteiger partial charge on any atom is 0.225 e. The molecule has 1 aromatic rings. The van der Waals surface area contributed by atoms with E-state index >= 15 is 0 Å². The molecule has 0 aromatic carbocycles. The summed E-state index contributed by atoms with van der Waals surface area (Å²) in [6.07, 6.45) is 0.311. The molecule has 0 radical (unpaired) electrons. The Morgan fingerprint density at radius 1 is 1.61 bits per heavy atom. The van der Waals surface area contributed by atoms with Crippen LogP contribution in [0.25, 0.3) is 0 Å². The fourth-order valence-corrected chi connectivity index (χ4v) is 2.85. The van der Waals surface area contributed by atoms with Crippen LogP contribution in [0.1, 0.15) is 25.1 Å². The van der Waals surface area contributed by atoms with Crippen molar-refractivity contribution in [1.82, 2.24) is 10.6 Å². The van der Waals surface area contributed by atoms with Gasteiger partial charge in [0, 0.05) is 29.8 Å². The van der Waals surface area contributed by atoms with Gasteiger partial charge in [0.1, 0.15) is 0 Å². The molecule has 0 spiro atoms. The number of hydrogen-bond donors (Lipinski definition) is 2. The summed E-state index contributed by atoms with van der Waals surface area (Å²) < 4.78 is 0. The van der Waals surface area contributed by atoms with Crippen molar-refractivity contribution in [3.8, 4) is 0 Å². The van der Waals surface area contributed by atoms with Crippen LogP contribution in [0.5, 0.6) is 0 Å². The molecule has 4 nitrogen and oxygen atoms in total. The average molecular weight is 266 g/mol. The fraction of sp³-hybridized carbons (Fsp3) is 0.538. The Morgan fingerprint density at radius 2 is 2.39 bits per heavy atom. The summed E-state index contributed by atoms with van der Waals surface area (Å²) in [6, 6.07) is 4.10. The van der Waals surface area contributed by atoms with Crippen molar-refractivity contribution in [2.45, 2.75) is 25.7 Å². The van der Waals surface area contributed by atoms with Crippen LogP contribution in [0, 0.1) is 5.92 Å². The van der Waals surface area contributed by atoms with Crippen molar-refractivity contribution in [2.75, 3.05) is 13.1 Å². The molecule has 5 heteroatoms. The minimum atomic E-state index is -0.211. The van der Waals surface area contributed by atoms with Gasteiger partial charge in [-0.3, -0.25) is 9.59 Å². The Hall–Kier alpha value is -1.36. The van der Waals surface area contributed by atoms with Crippen molar-refractivity contribution >= 4 is 23.2 Å². The molecule has 98 valence electrons. The first-order valence-corrected chi connectivity index (χ1v) is 6.95. The molecule has 0 bridgehead atoms. The van der Waals surface area contributed by atoms with E-state index in [0.717, 1.165) is 0 Å². The number of nitrogens with one attached hydrogen (secondary N) is 2. The van der Waals surface area contributed by atoms with Crippen molar-refractivity contribution < 1.29 is 9.59 Å². The van der Waals surface area contributed by atoms with Gasteiger partial charge in [-0.25, -0.2) is 0 Å². The molecule has 2 heterocycles. The average Bonchev–Trinajstić information content (AvgIpc) is 2.96. The predicted molar refractivity (Wildman–Crippen MR) is 71.5 cm³/mol. The van der Waals surface area contributed by atoms with E-state index in [-0.39, 0.29) is 23.1 Å². The van der Waals surface area contributed by atoms with Crippen LogP contribution in [0.3, 0.4) is 0 Å². The van der Waals surface area contributed by atoms with Crippen LogP contribution in [-0.2, 0) is 15.0 Å². The molecule has 2 amide bonds. The molecule has 2 N–H and O–H groups in total. The normalized spacial score (nSPS) is 19.7. The van der Waals surface area contributed by atoms with Gasteiger partial charge in [-0.2, -0.15) is 0 Å². The molecular formula is C13H18N2O2S. The highest BCUT2D eigenvalue weighted by atomic mass is 32.1. The van der Waals surface area contributed by atoms with Gasteiger partial charge in [0.05, 0.1) is 5.92 Å². The van der Waals surface area contributed by atoms with Gasteiger partial charge < -0.3 is 10.6 Å². The Kier molecular flexibility index (Phi) is 3.71. The van der Waals surface area contributed by atoms with Crippen molar-refractivity contribution in [1.29, 1.82) is 0 Å². The zero-order valence-corrected chi connectivity index (χ0v) is 11.5. The summed E-state index contributed by atoms with van der Waals surface area (Å²) in [5.41, 5.74) is -0.0696. The van der Waals surface area contributed by atoms with Gasteiger partial charge in [0.25, 0.3) is 0 Å². The van der Waals surface area contributed by atoms with Gasteiger partial charge in [0.2, 0.25) is 11.8 Å². The minimum absolute atomic E-state index is 0.0296. The van der Waals surface area contributed by atoms with Crippen LogP contribution in [0.2, 0.25) is 0 Å². The van der Waals surface area contributed by atoms with E-state index in [1.807, 2.05) is 11.4 Å². The second kappa shape index (κ2) is 5.10. The number of carbonyl (C=O) groups excluding carboxylic acids is 2. The van der Waals surface area contributed by atoms with Crippen LogP contribution < -0.4 is 10.6 Å². The maximum atomic E-state index is 11.9. The van der Waals surface area contributed by atoms with Crippen LogP contribution >= 0.6 is 11.3 Å². The van der Waals surface area contributed by atoms with Gasteiger partial charge in [-0.1, -0.05) is 19.9 Å². The van der Waals surface area contributed by atoms with Gasteiger partial charge in [-0.15, -0.1) is 11.3 Å². The molecule has 1 aliphatic rings. The molecule has 1 unspecified atom stereocenters. The Labute approximate surface area is 111 Å². The smallest absolute Gasteiger partial charge is 0.225 e. The third kappa shape index (κ3) is 2.90. The lowest BCUT2D eigenvalue weighted by Crippen LogP contribution is -2.39. The highest BCUT2D eigenvalue weighted by Gasteiger charge is 2.29. The van der Waals surface area contributed by atoms with Crippen molar-refractivity contribution in [3.05, 3.63) is 22.4 Å². The number of amides is 2. The summed E-state index contributed by atoms with van der Waals surface area (Å²) >= 11 is 1.70. The van der Waals surface area contributed by atoms with E-state index in [2.05, 4.69) is 30.5 Å². The predicted octanol–water partition coefficient (Wildman–Crippen LogP) is 1.28. The first kappa shape index (κ1) is 13.1. The molecule has 1 aliphatic heterocycles. The lowest BCUT2D eigenvalue weighted by atomic mass is 9.91. The molecule has 2 rings (SSSR count). The first-order valence-electron chi connectivity index (χ1n) is 6.07. The van der Waals surface area contributed by atoms with Crippen LogP contribution in [-0.4, -0.2) is 24.9 Å². The number of carbonyl (C=O) groups is 2. The highest BCUT2D eigenvalue weighted by molar-refractivity contribution is 7.10. The Balaban J connectivity index is 1.88. The minimum Gasteiger partial charge on any atom is -0.355 e. The largest absolute Gasteiger partial charge is 0.355 e. The molecular weight excluding hydrogens is 248 g/mol. The molecule has 0 aliphatic carbocycles. The van der Waals surface area contributed by atoms with Crippen LogP contribution in [0.4, 0.5) is 0 Å². The standard InChI is InChI=1S/C13H18N2O2S/c1-13(2,10-4-3-5-18-10)8-15-12(17)9-6-11(16)14-7-9/h3-5,9H,6-8H2,1-2H3,(H,14,16)(H,15,17). The zero-order valence-electron chi connectivity index (χ0n) is 10.7. The molecule has 1 saturated heterocycles. The van der Waals surface area contributed by atoms with E-state index in [9.17, 15) is 9.59 Å². The summed E-state index contributed by atoms with van der Waals surface area (Å²) in [4.78, 5) is 24.2. The van der Waals surface area contributed by atoms with Crippen LogP contribution in [0.15, 0.2) is 17.5 Å². The van der Waals surface area contributed by atoms with Crippen molar-refractivity contribution in [2.24, 2.45) is 5.92 Å². The quantitative estimate of drug-likeness (QED) is 0.862. The number of rotatable bonds is 4. The Morgan fingerprint density at radius 3 is 2.94 bits per heavy atom. The van der Waals surface area contributed by atoms with E-state index in [1.165, 1.54) is 4.88 Å². The van der Waals surface area contributed by atoms with E-state index in [1.54, 1.807) is 11.3 Å². The fourth-order valence-electron chi connectivity index (χ4n) is 1.99. The molecule has 1 atom stereocenters. The van der Waals surface area contributed by atoms with Gasteiger partial charge in [-0.05, 0) is 11.4 Å². The SMILES string of the molecule is CC(C)(CNC(=O)C1CNC(=O)C1)c1cccs1. The zero-order chi connectivity index (χ0) is 13.2. The van der Waals surface area contributed by atoms with E-state index in [0.29, 0.717) is 19.5 Å². The summed E-state index contributed by atoms with van der Waals surface area (Å²) in [6.45, 7) is 5.27. The third-order valence-corrected chi connectivity index (χ3v) is 4.48. The summed E-state index contributed by atoms with van der Waals surface area (Å²) in [7, 11) is 0. The highest BCUT2D eigenvalue weighted by Crippen LogP contribution is 2.26. The third-order valence-electron chi connectivity index (χ3n) is 3.24. The second-order valence-corrected chi connectivity index (χ2v) is 6.23.